The number of benzene rings is 2. The fraction of sp³-hybridized carbons (Fsp3) is 0.257. The highest BCUT2D eigenvalue weighted by molar-refractivity contribution is 6.04. The van der Waals surface area contributed by atoms with E-state index in [1.54, 1.807) is 18.3 Å². The van der Waals surface area contributed by atoms with Gasteiger partial charge in [0.15, 0.2) is 5.65 Å². The van der Waals surface area contributed by atoms with Gasteiger partial charge in [0.2, 0.25) is 0 Å². The molecule has 1 amide bonds. The van der Waals surface area contributed by atoms with Crippen molar-refractivity contribution in [2.75, 3.05) is 23.7 Å². The van der Waals surface area contributed by atoms with Crippen molar-refractivity contribution in [3.05, 3.63) is 107 Å². The van der Waals surface area contributed by atoms with Crippen LogP contribution in [0.25, 0.3) is 5.65 Å². The Bertz CT molecular complexity index is 1940. The van der Waals surface area contributed by atoms with Crippen LogP contribution in [0.1, 0.15) is 65.5 Å². The van der Waals surface area contributed by atoms with E-state index in [4.69, 9.17) is 0 Å². The number of pyridine rings is 1. The summed E-state index contributed by atoms with van der Waals surface area (Å²) in [6.07, 6.45) is 9.75. The second-order valence-corrected chi connectivity index (χ2v) is 11.6. The number of anilines is 3. The number of carbonyl (C=O) groups excluding carboxylic acids is 1. The van der Waals surface area contributed by atoms with Crippen molar-refractivity contribution in [3.8, 4) is 17.9 Å². The lowest BCUT2D eigenvalue weighted by Gasteiger charge is -2.22. The zero-order valence-electron chi connectivity index (χ0n) is 25.1. The maximum atomic E-state index is 13.1. The molecule has 5 aromatic rings. The number of hydrogen-bond donors (Lipinski definition) is 3. The molecule has 6 rings (SSSR count). The average Bonchev–Trinajstić information content (AvgIpc) is 3.69. The molecule has 0 unspecified atom stereocenters. The largest absolute Gasteiger partial charge is 0.350 e. The highest BCUT2D eigenvalue weighted by atomic mass is 16.1. The van der Waals surface area contributed by atoms with Gasteiger partial charge in [-0.2, -0.15) is 10.4 Å². The number of piperidine rings is 1. The molecule has 9 heteroatoms. The van der Waals surface area contributed by atoms with Gasteiger partial charge in [0.05, 0.1) is 41.3 Å². The second-order valence-electron chi connectivity index (χ2n) is 11.6. The van der Waals surface area contributed by atoms with Crippen LogP contribution >= 0.6 is 0 Å². The summed E-state index contributed by atoms with van der Waals surface area (Å²) >= 11 is 0. The van der Waals surface area contributed by atoms with Gasteiger partial charge < -0.3 is 16.0 Å². The van der Waals surface area contributed by atoms with E-state index in [1.807, 2.05) is 80.0 Å². The lowest BCUT2D eigenvalue weighted by molar-refractivity contribution is 0.102. The number of fused-ring (bicyclic) bond motifs is 1. The predicted octanol–water partition coefficient (Wildman–Crippen LogP) is 5.96. The minimum Gasteiger partial charge on any atom is -0.350 e. The summed E-state index contributed by atoms with van der Waals surface area (Å²) in [4.78, 5) is 17.8. The third kappa shape index (κ3) is 6.05. The summed E-state index contributed by atoms with van der Waals surface area (Å²) in [5.74, 6) is 6.25. The van der Waals surface area contributed by atoms with Gasteiger partial charge in [0.25, 0.3) is 5.91 Å². The molecule has 2 aromatic carbocycles. The van der Waals surface area contributed by atoms with Crippen molar-refractivity contribution in [1.29, 1.82) is 5.26 Å². The van der Waals surface area contributed by atoms with E-state index in [-0.39, 0.29) is 5.91 Å². The Morgan fingerprint density at radius 2 is 1.89 bits per heavy atom. The molecule has 1 fully saturated rings. The van der Waals surface area contributed by atoms with Crippen LogP contribution in [0.2, 0.25) is 0 Å². The van der Waals surface area contributed by atoms with E-state index in [2.05, 4.69) is 54.8 Å². The van der Waals surface area contributed by atoms with Gasteiger partial charge in [-0.15, -0.1) is 0 Å². The minimum absolute atomic E-state index is 0.242. The van der Waals surface area contributed by atoms with Gasteiger partial charge in [-0.25, -0.2) is 4.98 Å². The zero-order chi connectivity index (χ0) is 30.7. The number of aromatic nitrogens is 4. The molecule has 220 valence electrons. The summed E-state index contributed by atoms with van der Waals surface area (Å²) in [6.45, 7) is 7.70. The van der Waals surface area contributed by atoms with Gasteiger partial charge in [-0.3, -0.25) is 13.9 Å². The van der Waals surface area contributed by atoms with Crippen molar-refractivity contribution in [1.82, 2.24) is 24.5 Å². The molecule has 3 N–H and O–H groups in total. The third-order valence-corrected chi connectivity index (χ3v) is 8.05. The van der Waals surface area contributed by atoms with Crippen LogP contribution < -0.4 is 16.0 Å². The number of rotatable bonds is 6. The van der Waals surface area contributed by atoms with Crippen LogP contribution in [0.15, 0.2) is 79.4 Å². The molecule has 44 heavy (non-hydrogen) atoms. The molecule has 0 aliphatic carbocycles. The van der Waals surface area contributed by atoms with E-state index in [0.717, 1.165) is 65.3 Å². The van der Waals surface area contributed by atoms with Crippen molar-refractivity contribution in [2.45, 2.75) is 45.1 Å². The summed E-state index contributed by atoms with van der Waals surface area (Å²) in [5, 5.41) is 23.9. The van der Waals surface area contributed by atoms with E-state index in [1.165, 1.54) is 0 Å². The van der Waals surface area contributed by atoms with E-state index in [9.17, 15) is 10.1 Å². The fourth-order valence-electron chi connectivity index (χ4n) is 5.31. The molecular formula is C35H34N8O. The lowest BCUT2D eigenvalue weighted by Crippen LogP contribution is -2.29. The quantitative estimate of drug-likeness (QED) is 0.213. The summed E-state index contributed by atoms with van der Waals surface area (Å²) in [5.41, 5.74) is 6.32. The van der Waals surface area contributed by atoms with Crippen molar-refractivity contribution < 1.29 is 4.79 Å². The third-order valence-electron chi connectivity index (χ3n) is 8.05. The second kappa shape index (κ2) is 12.1. The molecular weight excluding hydrogens is 548 g/mol. The minimum atomic E-state index is -0.655. The maximum absolute atomic E-state index is 13.1. The number of amides is 1. The van der Waals surface area contributed by atoms with Crippen molar-refractivity contribution in [2.24, 2.45) is 0 Å². The summed E-state index contributed by atoms with van der Waals surface area (Å²) in [6, 6.07) is 19.5. The zero-order valence-corrected chi connectivity index (χ0v) is 25.1. The highest BCUT2D eigenvalue weighted by Gasteiger charge is 2.20. The van der Waals surface area contributed by atoms with Crippen LogP contribution in [0, 0.1) is 30.1 Å². The lowest BCUT2D eigenvalue weighted by atomic mass is 9.86. The number of nitrogens with one attached hydrogen (secondary N) is 3. The van der Waals surface area contributed by atoms with Crippen molar-refractivity contribution >= 4 is 28.6 Å². The number of hydrogen-bond acceptors (Lipinski definition) is 6. The Morgan fingerprint density at radius 3 is 2.70 bits per heavy atom. The molecule has 1 aliphatic rings. The Kier molecular flexibility index (Phi) is 7.89. The first-order chi connectivity index (χ1) is 21.3. The molecule has 0 saturated carbocycles. The molecule has 4 heterocycles. The van der Waals surface area contributed by atoms with Gasteiger partial charge >= 0.3 is 0 Å². The summed E-state index contributed by atoms with van der Waals surface area (Å²) in [7, 11) is 0. The molecule has 3 aromatic heterocycles. The van der Waals surface area contributed by atoms with Gasteiger partial charge in [0.1, 0.15) is 5.69 Å². The first-order valence-corrected chi connectivity index (χ1v) is 14.7. The predicted molar refractivity (Wildman–Crippen MR) is 172 cm³/mol. The standard InChI is InChI=1S/C35H34N8O/c1-24-9-10-26(34(44)41-28-7-4-6-27(19-28)35(2,3)23-36)18-25(24)11-12-31-21-38-33-32(8-5-17-42(31)33)40-29-20-39-43(22-29)30-13-15-37-16-14-30/h4-10,17-22,30,37,40H,13-16H2,1-3H3,(H,41,44). The van der Waals surface area contributed by atoms with Crippen LogP contribution in [0.3, 0.4) is 0 Å². The molecule has 9 nitrogen and oxygen atoms in total. The maximum Gasteiger partial charge on any atom is 0.255 e. The number of nitriles is 1. The number of aryl methyl sites for hydroxylation is 1. The Hall–Kier alpha value is -5.38. The van der Waals surface area contributed by atoms with Crippen LogP contribution in [-0.4, -0.2) is 38.2 Å². The molecule has 0 atom stereocenters. The average molecular weight is 583 g/mol. The van der Waals surface area contributed by atoms with Crippen LogP contribution in [0.5, 0.6) is 0 Å². The first-order valence-electron chi connectivity index (χ1n) is 14.7. The topological polar surface area (TPSA) is 112 Å². The van der Waals surface area contributed by atoms with Crippen molar-refractivity contribution in [3.63, 3.8) is 0 Å². The number of carbonyl (C=O) groups is 1. The van der Waals surface area contributed by atoms with Gasteiger partial charge in [-0.1, -0.05) is 24.1 Å². The monoisotopic (exact) mass is 582 g/mol. The Morgan fingerprint density at radius 1 is 1.05 bits per heavy atom. The molecule has 0 radical (unpaired) electrons. The molecule has 0 bridgehead atoms. The van der Waals surface area contributed by atoms with E-state index >= 15 is 0 Å². The normalized spacial score (nSPS) is 13.6. The van der Waals surface area contributed by atoms with Gasteiger partial charge in [0, 0.05) is 29.2 Å². The Labute approximate surface area is 256 Å². The smallest absolute Gasteiger partial charge is 0.255 e. The molecule has 0 spiro atoms. The van der Waals surface area contributed by atoms with Crippen LogP contribution in [0.4, 0.5) is 17.1 Å². The molecule has 1 saturated heterocycles. The van der Waals surface area contributed by atoms with E-state index < -0.39 is 5.41 Å². The highest BCUT2D eigenvalue weighted by Crippen LogP contribution is 2.26. The fourth-order valence-corrected chi connectivity index (χ4v) is 5.31. The number of nitrogens with zero attached hydrogens (tertiary/aromatic N) is 5. The summed E-state index contributed by atoms with van der Waals surface area (Å²) < 4.78 is 4.00. The SMILES string of the molecule is Cc1ccc(C(=O)Nc2cccc(C(C)(C)C#N)c2)cc1C#Cc1cnc2c(Nc3cnn(C4CCNCC4)c3)cccn12. The Balaban J connectivity index is 1.20. The van der Waals surface area contributed by atoms with Gasteiger partial charge in [-0.05, 0) is 100 Å². The first kappa shape index (κ1) is 28.7. The van der Waals surface area contributed by atoms with Crippen LogP contribution in [-0.2, 0) is 5.41 Å². The molecule has 1 aliphatic heterocycles. The van der Waals surface area contributed by atoms with E-state index in [0.29, 0.717) is 17.3 Å². The number of imidazole rings is 1.